The summed E-state index contributed by atoms with van der Waals surface area (Å²) in [5.41, 5.74) is 3.13. The van der Waals surface area contributed by atoms with E-state index in [9.17, 15) is 9.59 Å². The Morgan fingerprint density at radius 3 is 2.24 bits per heavy atom. The van der Waals surface area contributed by atoms with Crippen molar-refractivity contribution < 1.29 is 9.59 Å². The maximum atomic E-state index is 12.6. The quantitative estimate of drug-likeness (QED) is 0.546. The van der Waals surface area contributed by atoms with Crippen molar-refractivity contribution in [2.45, 2.75) is 20.4 Å². The molecule has 0 atom stereocenters. The van der Waals surface area contributed by atoms with Gasteiger partial charge in [-0.15, -0.1) is 11.3 Å². The topological polar surface area (TPSA) is 61.4 Å². The van der Waals surface area contributed by atoms with Gasteiger partial charge in [-0.2, -0.15) is 0 Å². The Morgan fingerprint density at radius 2 is 1.59 bits per heavy atom. The summed E-state index contributed by atoms with van der Waals surface area (Å²) >= 11 is 1.39. The summed E-state index contributed by atoms with van der Waals surface area (Å²) in [7, 11) is 0. The Bertz CT molecular complexity index is 949. The Kier molecular flexibility index (Phi) is 7.16. The molecule has 3 aromatic rings. The number of amides is 2. The van der Waals surface area contributed by atoms with Gasteiger partial charge in [0.05, 0.1) is 4.88 Å². The highest BCUT2D eigenvalue weighted by Crippen LogP contribution is 2.17. The molecule has 0 fully saturated rings. The van der Waals surface area contributed by atoms with Crippen LogP contribution in [0.2, 0.25) is 0 Å². The van der Waals surface area contributed by atoms with E-state index < -0.39 is 0 Å². The van der Waals surface area contributed by atoms with E-state index in [1.807, 2.05) is 29.6 Å². The molecule has 0 saturated heterocycles. The molecule has 1 aromatic heterocycles. The van der Waals surface area contributed by atoms with E-state index >= 15 is 0 Å². The molecule has 0 spiro atoms. The molecule has 29 heavy (non-hydrogen) atoms. The molecule has 6 heteroatoms. The molecule has 0 aliphatic rings. The van der Waals surface area contributed by atoms with Gasteiger partial charge in [0.1, 0.15) is 0 Å². The first kappa shape index (κ1) is 20.8. The number of thiophene rings is 1. The molecule has 5 nitrogen and oxygen atoms in total. The van der Waals surface area contributed by atoms with Gasteiger partial charge in [-0.1, -0.05) is 32.0 Å². The molecule has 2 aromatic carbocycles. The average Bonchev–Trinajstić information content (AvgIpc) is 3.28. The monoisotopic (exact) mass is 407 g/mol. The van der Waals surface area contributed by atoms with E-state index in [1.165, 1.54) is 11.3 Å². The van der Waals surface area contributed by atoms with Gasteiger partial charge in [0, 0.05) is 23.5 Å². The summed E-state index contributed by atoms with van der Waals surface area (Å²) in [4.78, 5) is 27.6. The number of nitrogens with zero attached hydrogens (tertiary/aromatic N) is 1. The molecule has 0 unspecified atom stereocenters. The summed E-state index contributed by atoms with van der Waals surface area (Å²) in [6.45, 7) is 7.11. The zero-order chi connectivity index (χ0) is 20.6. The smallest absolute Gasteiger partial charge is 0.265 e. The lowest BCUT2D eigenvalue weighted by molar-refractivity contribution is 0.102. The Morgan fingerprint density at radius 1 is 0.862 bits per heavy atom. The van der Waals surface area contributed by atoms with Crippen LogP contribution in [-0.4, -0.2) is 29.8 Å². The van der Waals surface area contributed by atoms with Gasteiger partial charge in [-0.25, -0.2) is 0 Å². The molecule has 2 N–H and O–H groups in total. The van der Waals surface area contributed by atoms with Crippen LogP contribution < -0.4 is 10.6 Å². The Hall–Kier alpha value is -2.96. The van der Waals surface area contributed by atoms with Gasteiger partial charge in [-0.05, 0) is 66.5 Å². The second-order valence-corrected chi connectivity index (χ2v) is 7.57. The van der Waals surface area contributed by atoms with Crippen LogP contribution in [0.1, 0.15) is 39.4 Å². The van der Waals surface area contributed by atoms with Crippen LogP contribution in [0.5, 0.6) is 0 Å². The highest BCUT2D eigenvalue weighted by Gasteiger charge is 2.10. The minimum Gasteiger partial charge on any atom is -0.322 e. The largest absolute Gasteiger partial charge is 0.322 e. The number of carbonyl (C=O) groups is 2. The van der Waals surface area contributed by atoms with Crippen molar-refractivity contribution in [3.8, 4) is 0 Å². The van der Waals surface area contributed by atoms with Crippen LogP contribution in [0.4, 0.5) is 11.4 Å². The summed E-state index contributed by atoms with van der Waals surface area (Å²) in [6, 6.07) is 18.4. The number of benzene rings is 2. The van der Waals surface area contributed by atoms with Crippen molar-refractivity contribution in [1.29, 1.82) is 0 Å². The van der Waals surface area contributed by atoms with Gasteiger partial charge in [0.25, 0.3) is 11.8 Å². The fourth-order valence-electron chi connectivity index (χ4n) is 2.96. The zero-order valence-corrected chi connectivity index (χ0v) is 17.5. The molecule has 0 radical (unpaired) electrons. The van der Waals surface area contributed by atoms with Crippen LogP contribution in [0, 0.1) is 0 Å². The van der Waals surface area contributed by atoms with Crippen LogP contribution in [0.15, 0.2) is 66.0 Å². The predicted octanol–water partition coefficient (Wildman–Crippen LogP) is 5.09. The number of carbonyl (C=O) groups excluding carboxylic acids is 2. The van der Waals surface area contributed by atoms with Crippen LogP contribution >= 0.6 is 11.3 Å². The molecule has 0 saturated carbocycles. The number of nitrogens with one attached hydrogen (secondary N) is 2. The number of rotatable bonds is 8. The molecular formula is C23H25N3O2S. The molecule has 0 aliphatic carbocycles. The third-order valence-corrected chi connectivity index (χ3v) is 5.50. The standard InChI is InChI=1S/C23H25N3O2S/c1-3-26(4-2)16-17-7-5-8-20(15-17)25-22(27)18-10-12-19(13-11-18)24-23(28)21-9-6-14-29-21/h5-15H,3-4,16H2,1-2H3,(H,24,28)(H,25,27). The molecule has 150 valence electrons. The highest BCUT2D eigenvalue weighted by molar-refractivity contribution is 7.12. The normalized spacial score (nSPS) is 10.7. The van der Waals surface area contributed by atoms with Gasteiger partial charge in [-0.3, -0.25) is 14.5 Å². The SMILES string of the molecule is CCN(CC)Cc1cccc(NC(=O)c2ccc(NC(=O)c3cccs3)cc2)c1. The third kappa shape index (κ3) is 5.76. The van der Waals surface area contributed by atoms with Crippen molar-refractivity contribution in [2.24, 2.45) is 0 Å². The second kappa shape index (κ2) is 10.0. The summed E-state index contributed by atoms with van der Waals surface area (Å²) in [6.07, 6.45) is 0. The van der Waals surface area contributed by atoms with Crippen molar-refractivity contribution in [3.63, 3.8) is 0 Å². The summed E-state index contributed by atoms with van der Waals surface area (Å²) < 4.78 is 0. The average molecular weight is 408 g/mol. The predicted molar refractivity (Wildman–Crippen MR) is 120 cm³/mol. The summed E-state index contributed by atoms with van der Waals surface area (Å²) in [5.74, 6) is -0.330. The van der Waals surface area contributed by atoms with Gasteiger partial charge in [0.2, 0.25) is 0 Å². The number of hydrogen-bond donors (Lipinski definition) is 2. The maximum Gasteiger partial charge on any atom is 0.265 e. The highest BCUT2D eigenvalue weighted by atomic mass is 32.1. The molecular weight excluding hydrogens is 382 g/mol. The second-order valence-electron chi connectivity index (χ2n) is 6.62. The minimum absolute atomic E-state index is 0.151. The van der Waals surface area contributed by atoms with Crippen LogP contribution in [0.25, 0.3) is 0 Å². The van der Waals surface area contributed by atoms with Gasteiger partial charge >= 0.3 is 0 Å². The van der Waals surface area contributed by atoms with Crippen molar-refractivity contribution >= 4 is 34.5 Å². The van der Waals surface area contributed by atoms with E-state index in [-0.39, 0.29) is 11.8 Å². The lowest BCUT2D eigenvalue weighted by Gasteiger charge is -2.18. The molecule has 0 aliphatic heterocycles. The van der Waals surface area contributed by atoms with Crippen molar-refractivity contribution in [2.75, 3.05) is 23.7 Å². The van der Waals surface area contributed by atoms with Gasteiger partial charge < -0.3 is 10.6 Å². The van der Waals surface area contributed by atoms with E-state index in [4.69, 9.17) is 0 Å². The molecule has 2 amide bonds. The van der Waals surface area contributed by atoms with E-state index in [0.29, 0.717) is 16.1 Å². The van der Waals surface area contributed by atoms with E-state index in [1.54, 1.807) is 30.3 Å². The zero-order valence-electron chi connectivity index (χ0n) is 16.6. The van der Waals surface area contributed by atoms with Gasteiger partial charge in [0.15, 0.2) is 0 Å². The fraction of sp³-hybridized carbons (Fsp3) is 0.217. The van der Waals surface area contributed by atoms with E-state index in [2.05, 4.69) is 35.4 Å². The third-order valence-electron chi connectivity index (χ3n) is 4.64. The maximum absolute atomic E-state index is 12.6. The lowest BCUT2D eigenvalue weighted by Crippen LogP contribution is -2.22. The minimum atomic E-state index is -0.180. The van der Waals surface area contributed by atoms with Crippen molar-refractivity contribution in [1.82, 2.24) is 4.90 Å². The molecule has 1 heterocycles. The van der Waals surface area contributed by atoms with Crippen molar-refractivity contribution in [3.05, 3.63) is 82.0 Å². The number of hydrogen-bond acceptors (Lipinski definition) is 4. The first-order valence-corrected chi connectivity index (χ1v) is 10.5. The van der Waals surface area contributed by atoms with Crippen LogP contribution in [0.3, 0.4) is 0 Å². The summed E-state index contributed by atoms with van der Waals surface area (Å²) in [5, 5.41) is 7.64. The Labute approximate surface area is 175 Å². The fourth-order valence-corrected chi connectivity index (χ4v) is 3.58. The molecule has 3 rings (SSSR count). The first-order valence-electron chi connectivity index (χ1n) is 9.66. The Balaban J connectivity index is 1.61. The number of anilines is 2. The molecule has 0 bridgehead atoms. The lowest BCUT2D eigenvalue weighted by atomic mass is 10.1. The first-order chi connectivity index (χ1) is 14.1. The van der Waals surface area contributed by atoms with Crippen LogP contribution in [-0.2, 0) is 6.54 Å². The van der Waals surface area contributed by atoms with E-state index in [0.717, 1.165) is 30.9 Å².